The Morgan fingerprint density at radius 2 is 1.79 bits per heavy atom. The van der Waals surface area contributed by atoms with Crippen molar-refractivity contribution in [2.24, 2.45) is 4.99 Å². The minimum Gasteiger partial charge on any atom is -0.450 e. The lowest BCUT2D eigenvalue weighted by Gasteiger charge is -2.46. The summed E-state index contributed by atoms with van der Waals surface area (Å²) in [6, 6.07) is -1.98. The number of amides is 1. The van der Waals surface area contributed by atoms with E-state index in [2.05, 4.69) is 10.3 Å². The van der Waals surface area contributed by atoms with Crippen LogP contribution in [-0.2, 0) is 23.7 Å². The Labute approximate surface area is 160 Å². The van der Waals surface area contributed by atoms with Gasteiger partial charge in [0.05, 0.1) is 13.2 Å². The molecule has 2 saturated heterocycles. The average molecular weight is 406 g/mol. The van der Waals surface area contributed by atoms with Crippen LogP contribution in [0, 0.1) is 0 Å². The van der Waals surface area contributed by atoms with E-state index >= 15 is 0 Å². The lowest BCUT2D eigenvalue weighted by atomic mass is 9.95. The van der Waals surface area contributed by atoms with Gasteiger partial charge in [0, 0.05) is 13.8 Å². The van der Waals surface area contributed by atoms with Crippen LogP contribution in [0.3, 0.4) is 0 Å². The van der Waals surface area contributed by atoms with Crippen LogP contribution in [-0.4, -0.2) is 112 Å². The number of nitrogens with zero attached hydrogens (tertiary/aromatic N) is 1. The molecule has 0 unspecified atom stereocenters. The molecule has 6 N–H and O–H groups in total. The fourth-order valence-corrected chi connectivity index (χ4v) is 3.61. The second-order valence-corrected chi connectivity index (χ2v) is 7.01. The van der Waals surface area contributed by atoms with Gasteiger partial charge in [-0.3, -0.25) is 4.79 Å². The maximum atomic E-state index is 11.5. The number of hydrogen-bond donors (Lipinski definition) is 6. The molecule has 3 rings (SSSR count). The zero-order valence-electron chi connectivity index (χ0n) is 15.4. The Hall–Kier alpha value is -1.38. The van der Waals surface area contributed by atoms with Crippen LogP contribution < -0.4 is 5.32 Å². The van der Waals surface area contributed by atoms with Crippen LogP contribution >= 0.6 is 0 Å². The molecule has 1 amide bonds. The molecule has 0 aromatic carbocycles. The summed E-state index contributed by atoms with van der Waals surface area (Å²) in [4.78, 5) is 15.7. The molecule has 12 heteroatoms. The van der Waals surface area contributed by atoms with Crippen molar-refractivity contribution in [1.29, 1.82) is 0 Å². The average Bonchev–Trinajstić information content (AvgIpc) is 3.03. The van der Waals surface area contributed by atoms with Crippen molar-refractivity contribution in [2.75, 3.05) is 13.2 Å². The highest BCUT2D eigenvalue weighted by atomic mass is 16.7. The molecule has 0 aliphatic carbocycles. The monoisotopic (exact) mass is 406 g/mol. The lowest BCUT2D eigenvalue weighted by molar-refractivity contribution is -0.322. The lowest BCUT2D eigenvalue weighted by Crippen LogP contribution is -2.67. The predicted octanol–water partition coefficient (Wildman–Crippen LogP) is -3.79. The van der Waals surface area contributed by atoms with E-state index in [4.69, 9.17) is 18.9 Å². The van der Waals surface area contributed by atoms with E-state index in [1.54, 1.807) is 6.92 Å². The molecule has 28 heavy (non-hydrogen) atoms. The molecule has 3 heterocycles. The highest BCUT2D eigenvalue weighted by molar-refractivity contribution is 5.75. The number of rotatable bonds is 5. The Bertz CT molecular complexity index is 604. The molecule has 0 bridgehead atoms. The molecule has 2 fully saturated rings. The minimum absolute atomic E-state index is 0.315. The van der Waals surface area contributed by atoms with Gasteiger partial charge in [-0.05, 0) is 0 Å². The third-order valence-corrected chi connectivity index (χ3v) is 4.98. The summed E-state index contributed by atoms with van der Waals surface area (Å²) in [7, 11) is 0. The number of fused-ring (bicyclic) bond motifs is 1. The topological polar surface area (TPSA) is 180 Å². The first-order chi connectivity index (χ1) is 13.3. The molecule has 160 valence electrons. The third kappa shape index (κ3) is 4.00. The highest BCUT2D eigenvalue weighted by Crippen LogP contribution is 2.32. The molecule has 3 aliphatic heterocycles. The summed E-state index contributed by atoms with van der Waals surface area (Å²) >= 11 is 0. The van der Waals surface area contributed by atoms with Crippen LogP contribution in [0.15, 0.2) is 4.99 Å². The Morgan fingerprint density at radius 1 is 1.11 bits per heavy atom. The van der Waals surface area contributed by atoms with E-state index in [1.807, 2.05) is 0 Å². The predicted molar refractivity (Wildman–Crippen MR) is 90.0 cm³/mol. The molecule has 0 aromatic heterocycles. The van der Waals surface area contributed by atoms with Crippen molar-refractivity contribution in [3.05, 3.63) is 0 Å². The van der Waals surface area contributed by atoms with Crippen LogP contribution in [0.4, 0.5) is 0 Å². The zero-order chi connectivity index (χ0) is 20.6. The van der Waals surface area contributed by atoms with Crippen LogP contribution in [0.5, 0.6) is 0 Å². The van der Waals surface area contributed by atoms with Crippen molar-refractivity contribution in [3.8, 4) is 0 Å². The van der Waals surface area contributed by atoms with Crippen LogP contribution in [0.1, 0.15) is 13.8 Å². The van der Waals surface area contributed by atoms with Gasteiger partial charge >= 0.3 is 0 Å². The van der Waals surface area contributed by atoms with E-state index in [0.717, 1.165) is 0 Å². The summed E-state index contributed by atoms with van der Waals surface area (Å²) in [5, 5.41) is 52.6. The summed E-state index contributed by atoms with van der Waals surface area (Å²) in [5.74, 6) is -0.199. The van der Waals surface area contributed by atoms with Gasteiger partial charge in [-0.2, -0.15) is 0 Å². The SMILES string of the molecule is CC(=O)N[C@H]1[C@H](O[C@H]2[C@H](O)[C@H]3N=C(C)O[C@H]3O[C@@H]2CO)O[C@H](CO)[C@H](O)[C@@H]1O. The molecule has 12 nitrogen and oxygen atoms in total. The Morgan fingerprint density at radius 3 is 2.39 bits per heavy atom. The van der Waals surface area contributed by atoms with E-state index in [0.29, 0.717) is 5.90 Å². The van der Waals surface area contributed by atoms with Gasteiger partial charge in [-0.25, -0.2) is 4.99 Å². The molecule has 0 aromatic rings. The molecule has 10 atom stereocenters. The molecule has 0 saturated carbocycles. The number of carbonyl (C=O) groups is 1. The van der Waals surface area contributed by atoms with Crippen LogP contribution in [0.2, 0.25) is 0 Å². The van der Waals surface area contributed by atoms with Gasteiger partial charge < -0.3 is 49.8 Å². The minimum atomic E-state index is -1.50. The van der Waals surface area contributed by atoms with Crippen LogP contribution in [0.25, 0.3) is 0 Å². The number of hydrogen-bond acceptors (Lipinski definition) is 11. The third-order valence-electron chi connectivity index (χ3n) is 4.98. The number of aliphatic imine (C=N–C) groups is 1. The van der Waals surface area contributed by atoms with Crippen molar-refractivity contribution < 1.29 is 49.3 Å². The summed E-state index contributed by atoms with van der Waals surface area (Å²) in [6.07, 6.45) is -9.76. The first kappa shape index (κ1) is 21.3. The van der Waals surface area contributed by atoms with Gasteiger partial charge in [-0.1, -0.05) is 0 Å². The second kappa shape index (κ2) is 8.55. The highest BCUT2D eigenvalue weighted by Gasteiger charge is 2.53. The van der Waals surface area contributed by atoms with Gasteiger partial charge in [0.2, 0.25) is 12.2 Å². The first-order valence-corrected chi connectivity index (χ1v) is 8.97. The number of nitrogens with one attached hydrogen (secondary N) is 1. The van der Waals surface area contributed by atoms with Crippen molar-refractivity contribution in [1.82, 2.24) is 5.32 Å². The fourth-order valence-electron chi connectivity index (χ4n) is 3.61. The van der Waals surface area contributed by atoms with E-state index in [9.17, 15) is 30.3 Å². The normalized spacial score (nSPS) is 45.8. The summed E-state index contributed by atoms with van der Waals surface area (Å²) < 4.78 is 22.2. The van der Waals surface area contributed by atoms with Crippen molar-refractivity contribution in [3.63, 3.8) is 0 Å². The van der Waals surface area contributed by atoms with Gasteiger partial charge in [0.25, 0.3) is 0 Å². The molecule has 3 aliphatic rings. The Balaban J connectivity index is 1.81. The maximum Gasteiger partial charge on any atom is 0.227 e. The zero-order valence-corrected chi connectivity index (χ0v) is 15.4. The largest absolute Gasteiger partial charge is 0.450 e. The molecular weight excluding hydrogens is 380 g/mol. The van der Waals surface area contributed by atoms with Gasteiger partial charge in [0.1, 0.15) is 48.7 Å². The van der Waals surface area contributed by atoms with E-state index in [1.165, 1.54) is 6.92 Å². The van der Waals surface area contributed by atoms with Crippen molar-refractivity contribution >= 4 is 11.8 Å². The second-order valence-electron chi connectivity index (χ2n) is 7.01. The molecule has 0 spiro atoms. The number of aliphatic hydroxyl groups is 5. The van der Waals surface area contributed by atoms with Gasteiger partial charge in [0.15, 0.2) is 12.2 Å². The summed E-state index contributed by atoms with van der Waals surface area (Å²) in [5.41, 5.74) is 0. The van der Waals surface area contributed by atoms with E-state index < -0.39 is 80.4 Å². The Kier molecular flexibility index (Phi) is 6.51. The van der Waals surface area contributed by atoms with E-state index in [-0.39, 0.29) is 0 Å². The standard InChI is InChI=1S/C16H26N2O10/c1-5(21)17-9-12(23)11(22)7(3-19)26-16(9)28-14-8(4-20)27-15-10(13(14)24)18-6(2)25-15/h7-16,19-20,22-24H,3-4H2,1-2H3,(H,17,21)/t7-,8-,9-,10-,11+,12-,13-,14-,15+,16+/m1/s1. The summed E-state index contributed by atoms with van der Waals surface area (Å²) in [6.45, 7) is 1.68. The maximum absolute atomic E-state index is 11.5. The molecule has 0 radical (unpaired) electrons. The quantitative estimate of drug-likeness (QED) is 0.265. The fraction of sp³-hybridized carbons (Fsp3) is 0.875. The number of carbonyl (C=O) groups excluding carboxylic acids is 1. The van der Waals surface area contributed by atoms with Crippen molar-refractivity contribution in [2.45, 2.75) is 75.1 Å². The smallest absolute Gasteiger partial charge is 0.227 e. The number of aliphatic hydroxyl groups excluding tert-OH is 5. The molecular formula is C16H26N2O10. The number of ether oxygens (including phenoxy) is 4. The first-order valence-electron chi connectivity index (χ1n) is 8.97. The van der Waals surface area contributed by atoms with Gasteiger partial charge in [-0.15, -0.1) is 0 Å².